The third-order valence-corrected chi connectivity index (χ3v) is 4.48. The lowest BCUT2D eigenvalue weighted by Gasteiger charge is -2.11. The van der Waals surface area contributed by atoms with Gasteiger partial charge in [-0.3, -0.25) is 14.3 Å². The normalized spacial score (nSPS) is 10.7. The van der Waals surface area contributed by atoms with E-state index in [0.717, 1.165) is 0 Å². The molecular formula is C20H17BrF2N4O3. The van der Waals surface area contributed by atoms with E-state index in [0.29, 0.717) is 16.7 Å². The summed E-state index contributed by atoms with van der Waals surface area (Å²) in [7, 11) is 0. The summed E-state index contributed by atoms with van der Waals surface area (Å²) in [5, 5.41) is 9.45. The molecule has 0 radical (unpaired) electrons. The predicted molar refractivity (Wildman–Crippen MR) is 111 cm³/mol. The van der Waals surface area contributed by atoms with Gasteiger partial charge in [-0.05, 0) is 37.3 Å². The van der Waals surface area contributed by atoms with Gasteiger partial charge in [0.25, 0.3) is 11.8 Å². The molecule has 1 aromatic heterocycles. The Hall–Kier alpha value is -3.27. The SMILES string of the molecule is CCn1cc(NC(=O)c2cc(Br)ccc2OC(F)F)c(C(=O)Nc2ccccc2)n1. The second-order valence-corrected chi connectivity index (χ2v) is 6.96. The van der Waals surface area contributed by atoms with E-state index in [1.165, 1.54) is 29.1 Å². The van der Waals surface area contributed by atoms with Crippen molar-refractivity contribution in [1.29, 1.82) is 0 Å². The lowest BCUT2D eigenvalue weighted by molar-refractivity contribution is -0.0501. The first-order valence-electron chi connectivity index (χ1n) is 8.87. The molecule has 10 heteroatoms. The third kappa shape index (κ3) is 5.20. The van der Waals surface area contributed by atoms with Gasteiger partial charge in [0.1, 0.15) is 5.75 Å². The quantitative estimate of drug-likeness (QED) is 0.512. The molecule has 156 valence electrons. The molecule has 0 spiro atoms. The van der Waals surface area contributed by atoms with E-state index in [2.05, 4.69) is 36.4 Å². The molecule has 0 saturated carbocycles. The summed E-state index contributed by atoms with van der Waals surface area (Å²) < 4.78 is 31.8. The van der Waals surface area contributed by atoms with Crippen LogP contribution < -0.4 is 15.4 Å². The smallest absolute Gasteiger partial charge is 0.387 e. The Balaban J connectivity index is 1.88. The van der Waals surface area contributed by atoms with Crippen molar-refractivity contribution in [1.82, 2.24) is 9.78 Å². The van der Waals surface area contributed by atoms with E-state index < -0.39 is 18.4 Å². The second-order valence-electron chi connectivity index (χ2n) is 6.04. The zero-order valence-electron chi connectivity index (χ0n) is 15.7. The van der Waals surface area contributed by atoms with Gasteiger partial charge in [-0.15, -0.1) is 0 Å². The number of amides is 2. The molecule has 0 aliphatic rings. The summed E-state index contributed by atoms with van der Waals surface area (Å²) in [5.74, 6) is -1.54. The minimum Gasteiger partial charge on any atom is -0.434 e. The number of alkyl halides is 2. The van der Waals surface area contributed by atoms with E-state index in [4.69, 9.17) is 0 Å². The van der Waals surface area contributed by atoms with E-state index in [1.54, 1.807) is 24.3 Å². The summed E-state index contributed by atoms with van der Waals surface area (Å²) in [5.41, 5.74) is 0.562. The molecule has 0 aliphatic heterocycles. The maximum atomic E-state index is 12.8. The van der Waals surface area contributed by atoms with Crippen molar-refractivity contribution >= 4 is 39.1 Å². The van der Waals surface area contributed by atoms with Crippen LogP contribution in [0.2, 0.25) is 0 Å². The van der Waals surface area contributed by atoms with Gasteiger partial charge < -0.3 is 15.4 Å². The van der Waals surface area contributed by atoms with Gasteiger partial charge in [-0.25, -0.2) is 0 Å². The number of carbonyl (C=O) groups is 2. The highest BCUT2D eigenvalue weighted by Crippen LogP contribution is 2.26. The maximum Gasteiger partial charge on any atom is 0.387 e. The van der Waals surface area contributed by atoms with Crippen LogP contribution >= 0.6 is 15.9 Å². The number of nitrogens with zero attached hydrogens (tertiary/aromatic N) is 2. The number of benzene rings is 2. The molecular weight excluding hydrogens is 462 g/mol. The van der Waals surface area contributed by atoms with Crippen LogP contribution in [0, 0.1) is 0 Å². The number of para-hydroxylation sites is 1. The van der Waals surface area contributed by atoms with Gasteiger partial charge >= 0.3 is 6.61 Å². The molecule has 2 aromatic carbocycles. The second kappa shape index (κ2) is 9.49. The number of carbonyl (C=O) groups excluding carboxylic acids is 2. The van der Waals surface area contributed by atoms with Crippen LogP contribution in [0.5, 0.6) is 5.75 Å². The molecule has 2 amide bonds. The Morgan fingerprint density at radius 3 is 2.53 bits per heavy atom. The highest BCUT2D eigenvalue weighted by molar-refractivity contribution is 9.10. The number of aryl methyl sites for hydroxylation is 1. The molecule has 0 unspecified atom stereocenters. The number of hydrogen-bond acceptors (Lipinski definition) is 4. The molecule has 3 rings (SSSR count). The van der Waals surface area contributed by atoms with Crippen LogP contribution in [0.15, 0.2) is 59.2 Å². The average molecular weight is 479 g/mol. The van der Waals surface area contributed by atoms with Gasteiger partial charge in [0.15, 0.2) is 5.69 Å². The first kappa shape index (κ1) is 21.4. The number of nitrogens with one attached hydrogen (secondary N) is 2. The van der Waals surface area contributed by atoms with E-state index in [1.807, 2.05) is 13.0 Å². The molecule has 2 N–H and O–H groups in total. The molecule has 3 aromatic rings. The Labute approximate surface area is 179 Å². The minimum atomic E-state index is -3.09. The van der Waals surface area contributed by atoms with Crippen molar-refractivity contribution in [2.24, 2.45) is 0 Å². The predicted octanol–water partition coefficient (Wildman–Crippen LogP) is 4.77. The summed E-state index contributed by atoms with van der Waals surface area (Å²) in [6.07, 6.45) is 1.49. The standard InChI is InChI=1S/C20H17BrF2N4O3/c1-2-27-11-15(17(26-27)19(29)24-13-6-4-3-5-7-13)25-18(28)14-10-12(21)8-9-16(14)30-20(22)23/h3-11,20H,2H2,1H3,(H,24,29)(H,25,28). The maximum absolute atomic E-state index is 12.8. The van der Waals surface area contributed by atoms with Crippen molar-refractivity contribution < 1.29 is 23.1 Å². The zero-order valence-corrected chi connectivity index (χ0v) is 17.3. The van der Waals surface area contributed by atoms with Gasteiger partial charge in [0.2, 0.25) is 0 Å². The van der Waals surface area contributed by atoms with Crippen molar-refractivity contribution in [2.45, 2.75) is 20.1 Å². The van der Waals surface area contributed by atoms with Crippen LogP contribution in [0.1, 0.15) is 27.8 Å². The fourth-order valence-corrected chi connectivity index (χ4v) is 2.98. The Kier molecular flexibility index (Phi) is 6.78. The number of rotatable bonds is 7. The number of anilines is 2. The van der Waals surface area contributed by atoms with Crippen LogP contribution in [0.25, 0.3) is 0 Å². The monoisotopic (exact) mass is 478 g/mol. The van der Waals surface area contributed by atoms with Crippen LogP contribution in [-0.2, 0) is 6.54 Å². The van der Waals surface area contributed by atoms with Crippen molar-refractivity contribution in [3.8, 4) is 5.75 Å². The number of aromatic nitrogens is 2. The Morgan fingerprint density at radius 1 is 1.13 bits per heavy atom. The first-order valence-corrected chi connectivity index (χ1v) is 9.66. The summed E-state index contributed by atoms with van der Waals surface area (Å²) >= 11 is 3.20. The van der Waals surface area contributed by atoms with Crippen LogP contribution in [-0.4, -0.2) is 28.2 Å². The van der Waals surface area contributed by atoms with Crippen molar-refractivity contribution in [2.75, 3.05) is 10.6 Å². The number of ether oxygens (including phenoxy) is 1. The number of halogens is 3. The van der Waals surface area contributed by atoms with Gasteiger partial charge in [0.05, 0.1) is 11.3 Å². The highest BCUT2D eigenvalue weighted by atomic mass is 79.9. The molecule has 0 fully saturated rings. The molecule has 30 heavy (non-hydrogen) atoms. The van der Waals surface area contributed by atoms with Gasteiger partial charge in [0, 0.05) is 22.9 Å². The Bertz CT molecular complexity index is 1060. The largest absolute Gasteiger partial charge is 0.434 e. The van der Waals surface area contributed by atoms with Gasteiger partial charge in [-0.2, -0.15) is 13.9 Å². The topological polar surface area (TPSA) is 85.2 Å². The van der Waals surface area contributed by atoms with Crippen molar-refractivity contribution in [3.63, 3.8) is 0 Å². The third-order valence-electron chi connectivity index (χ3n) is 3.98. The van der Waals surface area contributed by atoms with Crippen LogP contribution in [0.4, 0.5) is 20.2 Å². The lowest BCUT2D eigenvalue weighted by atomic mass is 10.2. The summed E-state index contributed by atoms with van der Waals surface area (Å²) in [6, 6.07) is 12.8. The van der Waals surface area contributed by atoms with E-state index in [9.17, 15) is 18.4 Å². The Morgan fingerprint density at radius 2 is 1.87 bits per heavy atom. The highest BCUT2D eigenvalue weighted by Gasteiger charge is 2.22. The molecule has 0 bridgehead atoms. The summed E-state index contributed by atoms with van der Waals surface area (Å²) in [4.78, 5) is 25.5. The fourth-order valence-electron chi connectivity index (χ4n) is 2.62. The summed E-state index contributed by atoms with van der Waals surface area (Å²) in [6.45, 7) is -0.814. The average Bonchev–Trinajstić information content (AvgIpc) is 3.12. The molecule has 0 saturated heterocycles. The van der Waals surface area contributed by atoms with Crippen LogP contribution in [0.3, 0.4) is 0 Å². The fraction of sp³-hybridized carbons (Fsp3) is 0.150. The molecule has 1 heterocycles. The first-order chi connectivity index (χ1) is 14.4. The molecule has 0 atom stereocenters. The molecule has 7 nitrogen and oxygen atoms in total. The minimum absolute atomic E-state index is 0.0135. The number of hydrogen-bond donors (Lipinski definition) is 2. The molecule has 0 aliphatic carbocycles. The van der Waals surface area contributed by atoms with Crippen molar-refractivity contribution in [3.05, 3.63) is 70.5 Å². The lowest BCUT2D eigenvalue weighted by Crippen LogP contribution is -2.19. The van der Waals surface area contributed by atoms with E-state index >= 15 is 0 Å². The van der Waals surface area contributed by atoms with Gasteiger partial charge in [-0.1, -0.05) is 34.1 Å². The van der Waals surface area contributed by atoms with E-state index in [-0.39, 0.29) is 22.7 Å². The zero-order chi connectivity index (χ0) is 21.7.